The van der Waals surface area contributed by atoms with Gasteiger partial charge in [0, 0.05) is 11.6 Å². The van der Waals surface area contributed by atoms with E-state index in [-0.39, 0.29) is 17.7 Å². The third kappa shape index (κ3) is 4.58. The first-order chi connectivity index (χ1) is 13.6. The molecule has 0 aliphatic heterocycles. The van der Waals surface area contributed by atoms with Gasteiger partial charge in [-0.1, -0.05) is 17.7 Å². The summed E-state index contributed by atoms with van der Waals surface area (Å²) in [4.78, 5) is 24.8. The predicted octanol–water partition coefficient (Wildman–Crippen LogP) is 5.45. The second-order valence-corrected chi connectivity index (χ2v) is 7.90. The number of hydrogen-bond donors (Lipinski definition) is 2. The van der Waals surface area contributed by atoms with Gasteiger partial charge in [-0.05, 0) is 68.3 Å². The van der Waals surface area contributed by atoms with E-state index in [2.05, 4.69) is 10.6 Å². The van der Waals surface area contributed by atoms with Crippen LogP contribution in [-0.2, 0) is 4.79 Å². The lowest BCUT2D eigenvalue weighted by atomic mass is 10.2. The van der Waals surface area contributed by atoms with Crippen LogP contribution in [-0.4, -0.2) is 11.8 Å². The normalized spacial score (nSPS) is 13.0. The van der Waals surface area contributed by atoms with Crippen molar-refractivity contribution in [2.75, 3.05) is 10.6 Å². The molecule has 6 heteroatoms. The molecule has 0 bridgehead atoms. The fourth-order valence-corrected chi connectivity index (χ4v) is 3.44. The van der Waals surface area contributed by atoms with Crippen molar-refractivity contribution in [1.29, 1.82) is 0 Å². The molecule has 0 radical (unpaired) electrons. The summed E-state index contributed by atoms with van der Waals surface area (Å²) in [6, 6.07) is 18.5. The van der Waals surface area contributed by atoms with Gasteiger partial charge in [-0.3, -0.25) is 9.59 Å². The number of hydrogen-bond acceptors (Lipinski definition) is 4. The number of anilines is 2. The summed E-state index contributed by atoms with van der Waals surface area (Å²) in [5, 5.41) is 6.42. The van der Waals surface area contributed by atoms with Gasteiger partial charge in [0.05, 0.1) is 9.88 Å². The Morgan fingerprint density at radius 2 is 1.54 bits per heavy atom. The lowest BCUT2D eigenvalue weighted by molar-refractivity contribution is -0.117. The minimum absolute atomic E-state index is 0.0398. The monoisotopic (exact) mass is 392 g/mol. The Morgan fingerprint density at radius 1 is 0.893 bits per heavy atom. The molecule has 4 rings (SSSR count). The van der Waals surface area contributed by atoms with E-state index < -0.39 is 0 Å². The molecule has 2 aromatic carbocycles. The summed E-state index contributed by atoms with van der Waals surface area (Å²) in [6.45, 7) is 2.03. The first-order valence-electron chi connectivity index (χ1n) is 9.13. The third-order valence-corrected chi connectivity index (χ3v) is 5.39. The molecule has 1 aliphatic rings. The topological polar surface area (TPSA) is 67.4 Å². The summed E-state index contributed by atoms with van der Waals surface area (Å²) >= 11 is 1.27. The van der Waals surface area contributed by atoms with Crippen molar-refractivity contribution in [2.45, 2.75) is 19.8 Å². The van der Waals surface area contributed by atoms with Crippen LogP contribution in [0.2, 0.25) is 0 Å². The van der Waals surface area contributed by atoms with Crippen LogP contribution < -0.4 is 15.4 Å². The average Bonchev–Trinajstić information content (AvgIpc) is 3.45. The Balaban J connectivity index is 1.34. The molecule has 28 heavy (non-hydrogen) atoms. The van der Waals surface area contributed by atoms with Crippen LogP contribution in [0.5, 0.6) is 11.5 Å². The second kappa shape index (κ2) is 7.86. The zero-order chi connectivity index (χ0) is 19.5. The summed E-state index contributed by atoms with van der Waals surface area (Å²) < 4.78 is 5.79. The van der Waals surface area contributed by atoms with Gasteiger partial charge in [-0.25, -0.2) is 0 Å². The van der Waals surface area contributed by atoms with E-state index in [0.717, 1.165) is 18.6 Å². The highest BCUT2D eigenvalue weighted by molar-refractivity contribution is 7.18. The molecule has 0 atom stereocenters. The molecule has 0 saturated heterocycles. The molecule has 3 aromatic rings. The van der Waals surface area contributed by atoms with E-state index in [1.165, 1.54) is 16.9 Å². The van der Waals surface area contributed by atoms with E-state index in [9.17, 15) is 9.59 Å². The Labute approximate surface area is 167 Å². The lowest BCUT2D eigenvalue weighted by Crippen LogP contribution is -2.12. The van der Waals surface area contributed by atoms with Crippen molar-refractivity contribution in [1.82, 2.24) is 0 Å². The summed E-state index contributed by atoms with van der Waals surface area (Å²) in [7, 11) is 0. The Bertz CT molecular complexity index is 989. The van der Waals surface area contributed by atoms with Gasteiger partial charge in [0.25, 0.3) is 5.91 Å². The Kier molecular flexibility index (Phi) is 5.12. The number of carbonyl (C=O) groups is 2. The zero-order valence-electron chi connectivity index (χ0n) is 15.4. The van der Waals surface area contributed by atoms with Gasteiger partial charge in [-0.2, -0.15) is 0 Å². The van der Waals surface area contributed by atoms with Crippen molar-refractivity contribution in [2.24, 2.45) is 5.92 Å². The molecule has 5 nitrogen and oxygen atoms in total. The van der Waals surface area contributed by atoms with Crippen molar-refractivity contribution < 1.29 is 14.3 Å². The maximum Gasteiger partial charge on any atom is 0.265 e. The number of aryl methyl sites for hydroxylation is 1. The van der Waals surface area contributed by atoms with Gasteiger partial charge >= 0.3 is 0 Å². The van der Waals surface area contributed by atoms with E-state index in [0.29, 0.717) is 21.3 Å². The minimum Gasteiger partial charge on any atom is -0.457 e. The van der Waals surface area contributed by atoms with E-state index in [1.54, 1.807) is 24.3 Å². The molecule has 2 amide bonds. The first kappa shape index (κ1) is 18.3. The fraction of sp³-hybridized carbons (Fsp3) is 0.182. The molecule has 1 heterocycles. The van der Waals surface area contributed by atoms with Crippen LogP contribution in [0.15, 0.2) is 60.7 Å². The standard InChI is InChI=1S/C22H20N2O3S/c1-14-2-8-17(9-3-14)27-18-10-6-16(7-11-18)23-22(26)19-12-13-20(28-19)24-21(25)15-4-5-15/h2-3,6-13,15H,4-5H2,1H3,(H,23,26)(H,24,25). The summed E-state index contributed by atoms with van der Waals surface area (Å²) in [6.07, 6.45) is 1.91. The van der Waals surface area contributed by atoms with Crippen molar-refractivity contribution >= 4 is 33.8 Å². The van der Waals surface area contributed by atoms with Crippen LogP contribution in [0.25, 0.3) is 0 Å². The van der Waals surface area contributed by atoms with Gasteiger partial charge in [0.2, 0.25) is 5.91 Å². The van der Waals surface area contributed by atoms with Crippen LogP contribution in [0, 0.1) is 12.8 Å². The smallest absolute Gasteiger partial charge is 0.265 e. The van der Waals surface area contributed by atoms with Crippen LogP contribution in [0.3, 0.4) is 0 Å². The Hall–Kier alpha value is -3.12. The predicted molar refractivity (Wildman–Crippen MR) is 111 cm³/mol. The van der Waals surface area contributed by atoms with Gasteiger partial charge in [-0.15, -0.1) is 11.3 Å². The number of ether oxygens (including phenoxy) is 1. The molecule has 0 spiro atoms. The van der Waals surface area contributed by atoms with Gasteiger partial charge in [0.1, 0.15) is 11.5 Å². The number of benzene rings is 2. The molecule has 1 fully saturated rings. The van der Waals surface area contributed by atoms with Crippen LogP contribution in [0.4, 0.5) is 10.7 Å². The molecule has 1 saturated carbocycles. The third-order valence-electron chi connectivity index (χ3n) is 4.39. The summed E-state index contributed by atoms with van der Waals surface area (Å²) in [5.41, 5.74) is 1.85. The van der Waals surface area contributed by atoms with E-state index >= 15 is 0 Å². The minimum atomic E-state index is -0.205. The SMILES string of the molecule is Cc1ccc(Oc2ccc(NC(=O)c3ccc(NC(=O)C4CC4)s3)cc2)cc1. The quantitative estimate of drug-likeness (QED) is 0.586. The second-order valence-electron chi connectivity index (χ2n) is 6.82. The highest BCUT2D eigenvalue weighted by Crippen LogP contribution is 2.32. The molecule has 142 valence electrons. The van der Waals surface area contributed by atoms with Gasteiger partial charge in [0.15, 0.2) is 0 Å². The van der Waals surface area contributed by atoms with Crippen molar-refractivity contribution in [3.05, 3.63) is 71.1 Å². The van der Waals surface area contributed by atoms with Crippen molar-refractivity contribution in [3.8, 4) is 11.5 Å². The Morgan fingerprint density at radius 3 is 2.18 bits per heavy atom. The number of carbonyl (C=O) groups excluding carboxylic acids is 2. The zero-order valence-corrected chi connectivity index (χ0v) is 16.2. The molecule has 1 aromatic heterocycles. The number of amides is 2. The van der Waals surface area contributed by atoms with E-state index in [1.807, 2.05) is 43.3 Å². The summed E-state index contributed by atoms with van der Waals surface area (Å²) in [5.74, 6) is 1.44. The molecular formula is C22H20N2O3S. The molecule has 0 unspecified atom stereocenters. The first-order valence-corrected chi connectivity index (χ1v) is 9.95. The number of nitrogens with one attached hydrogen (secondary N) is 2. The average molecular weight is 392 g/mol. The molecule has 2 N–H and O–H groups in total. The highest BCUT2D eigenvalue weighted by Gasteiger charge is 2.29. The molecule has 1 aliphatic carbocycles. The maximum atomic E-state index is 12.4. The number of rotatable bonds is 6. The lowest BCUT2D eigenvalue weighted by Gasteiger charge is -2.08. The molecular weight excluding hydrogens is 372 g/mol. The van der Waals surface area contributed by atoms with Gasteiger partial charge < -0.3 is 15.4 Å². The van der Waals surface area contributed by atoms with Crippen LogP contribution >= 0.6 is 11.3 Å². The number of thiophene rings is 1. The largest absolute Gasteiger partial charge is 0.457 e. The maximum absolute atomic E-state index is 12.4. The fourth-order valence-electron chi connectivity index (χ4n) is 2.64. The van der Waals surface area contributed by atoms with Crippen molar-refractivity contribution in [3.63, 3.8) is 0 Å². The van der Waals surface area contributed by atoms with E-state index in [4.69, 9.17) is 4.74 Å². The highest BCUT2D eigenvalue weighted by atomic mass is 32.1. The van der Waals surface area contributed by atoms with Crippen LogP contribution in [0.1, 0.15) is 28.1 Å².